The number of rotatable bonds is 3. The molecule has 1 amide bonds. The number of nitrogens with one attached hydrogen (secondary N) is 1. The molecule has 0 bridgehead atoms. The second-order valence-corrected chi connectivity index (χ2v) is 5.86. The van der Waals surface area contributed by atoms with Gasteiger partial charge < -0.3 is 10.2 Å². The average molecular weight is 327 g/mol. The zero-order chi connectivity index (χ0) is 16.4. The minimum Gasteiger partial charge on any atom is -0.358 e. The molecule has 6 heteroatoms. The summed E-state index contributed by atoms with van der Waals surface area (Å²) >= 11 is 5.87. The van der Waals surface area contributed by atoms with Gasteiger partial charge in [-0.05, 0) is 37.6 Å². The van der Waals surface area contributed by atoms with Crippen molar-refractivity contribution in [3.8, 4) is 6.07 Å². The van der Waals surface area contributed by atoms with Gasteiger partial charge in [0.1, 0.15) is 17.9 Å². The van der Waals surface area contributed by atoms with Crippen LogP contribution in [0.25, 0.3) is 0 Å². The van der Waals surface area contributed by atoms with Gasteiger partial charge in [0.25, 0.3) is 0 Å². The Labute approximate surface area is 139 Å². The zero-order valence-electron chi connectivity index (χ0n) is 12.6. The number of hydrogen-bond donors (Lipinski definition) is 1. The summed E-state index contributed by atoms with van der Waals surface area (Å²) in [6.07, 6.45) is 0.679. The van der Waals surface area contributed by atoms with E-state index in [1.165, 1.54) is 0 Å². The molecule has 1 aromatic heterocycles. The van der Waals surface area contributed by atoms with Crippen LogP contribution in [0.4, 0.5) is 11.5 Å². The standard InChI is InChI=1S/C17H15ClN4O/c1-11-2-4-12(5-3-11)22-9-8-14(17(22)23)20-16-7-6-13(18)15(10-19)21-16/h2-7,14H,8-9H2,1H3,(H,20,21). The Balaban J connectivity index is 1.75. The molecule has 1 fully saturated rings. The number of amides is 1. The molecule has 0 spiro atoms. The third-order valence-corrected chi connectivity index (χ3v) is 4.13. The Bertz CT molecular complexity index is 782. The number of aromatic nitrogens is 1. The van der Waals surface area contributed by atoms with Gasteiger partial charge in [0.15, 0.2) is 5.69 Å². The highest BCUT2D eigenvalue weighted by molar-refractivity contribution is 6.31. The monoisotopic (exact) mass is 326 g/mol. The largest absolute Gasteiger partial charge is 0.358 e. The number of carbonyl (C=O) groups excluding carboxylic acids is 1. The van der Waals surface area contributed by atoms with Gasteiger partial charge >= 0.3 is 0 Å². The number of aryl methyl sites for hydroxylation is 1. The van der Waals surface area contributed by atoms with Gasteiger partial charge in [-0.3, -0.25) is 4.79 Å². The first-order valence-electron chi connectivity index (χ1n) is 7.30. The summed E-state index contributed by atoms with van der Waals surface area (Å²) in [6, 6.07) is 12.7. The maximum atomic E-state index is 12.6. The fraction of sp³-hybridized carbons (Fsp3) is 0.235. The van der Waals surface area contributed by atoms with E-state index >= 15 is 0 Å². The average Bonchev–Trinajstić information content (AvgIpc) is 2.91. The number of pyridine rings is 1. The van der Waals surface area contributed by atoms with Gasteiger partial charge in [-0.1, -0.05) is 29.3 Å². The van der Waals surface area contributed by atoms with Crippen LogP contribution in [0.15, 0.2) is 36.4 Å². The number of hydrogen-bond acceptors (Lipinski definition) is 4. The van der Waals surface area contributed by atoms with Crippen LogP contribution < -0.4 is 10.2 Å². The molecule has 1 saturated heterocycles. The minimum atomic E-state index is -0.350. The molecule has 1 aliphatic rings. The van der Waals surface area contributed by atoms with Crippen molar-refractivity contribution in [3.05, 3.63) is 52.7 Å². The van der Waals surface area contributed by atoms with E-state index in [1.807, 2.05) is 37.3 Å². The molecular weight excluding hydrogens is 312 g/mol. The number of carbonyl (C=O) groups is 1. The second-order valence-electron chi connectivity index (χ2n) is 5.45. The molecule has 1 aromatic carbocycles. The Morgan fingerprint density at radius 3 is 2.74 bits per heavy atom. The third-order valence-electron chi connectivity index (χ3n) is 3.83. The molecule has 1 N–H and O–H groups in total. The SMILES string of the molecule is Cc1ccc(N2CCC(Nc3ccc(Cl)c(C#N)n3)C2=O)cc1. The summed E-state index contributed by atoms with van der Waals surface area (Å²) in [7, 11) is 0. The van der Waals surface area contributed by atoms with Gasteiger partial charge in [-0.15, -0.1) is 0 Å². The molecule has 0 aliphatic carbocycles. The van der Waals surface area contributed by atoms with Crippen molar-refractivity contribution in [1.82, 2.24) is 4.98 Å². The van der Waals surface area contributed by atoms with Crippen LogP contribution in [-0.4, -0.2) is 23.5 Å². The van der Waals surface area contributed by atoms with Gasteiger partial charge in [0, 0.05) is 12.2 Å². The first-order chi connectivity index (χ1) is 11.1. The summed E-state index contributed by atoms with van der Waals surface area (Å²) in [4.78, 5) is 18.4. The van der Waals surface area contributed by atoms with Crippen molar-refractivity contribution in [3.63, 3.8) is 0 Å². The fourth-order valence-electron chi connectivity index (χ4n) is 2.57. The van der Waals surface area contributed by atoms with Crippen molar-refractivity contribution in [2.45, 2.75) is 19.4 Å². The van der Waals surface area contributed by atoms with Crippen LogP contribution in [0.2, 0.25) is 5.02 Å². The van der Waals surface area contributed by atoms with E-state index in [0.717, 1.165) is 11.3 Å². The zero-order valence-corrected chi connectivity index (χ0v) is 13.3. The predicted molar refractivity (Wildman–Crippen MR) is 89.5 cm³/mol. The molecule has 1 atom stereocenters. The molecular formula is C17H15ClN4O. The predicted octanol–water partition coefficient (Wildman–Crippen LogP) is 3.13. The quantitative estimate of drug-likeness (QED) is 0.940. The Morgan fingerprint density at radius 2 is 2.04 bits per heavy atom. The van der Waals surface area contributed by atoms with Crippen molar-refractivity contribution in [2.75, 3.05) is 16.8 Å². The van der Waals surface area contributed by atoms with E-state index in [2.05, 4.69) is 10.3 Å². The normalized spacial score (nSPS) is 17.2. The third kappa shape index (κ3) is 3.13. The summed E-state index contributed by atoms with van der Waals surface area (Å²) in [6.45, 7) is 2.66. The molecule has 0 radical (unpaired) electrons. The van der Waals surface area contributed by atoms with Crippen LogP contribution in [0.3, 0.4) is 0 Å². The highest BCUT2D eigenvalue weighted by atomic mass is 35.5. The lowest BCUT2D eigenvalue weighted by atomic mass is 10.2. The van der Waals surface area contributed by atoms with Crippen LogP contribution in [0.1, 0.15) is 17.7 Å². The van der Waals surface area contributed by atoms with Crippen molar-refractivity contribution < 1.29 is 4.79 Å². The first-order valence-corrected chi connectivity index (χ1v) is 7.67. The number of benzene rings is 1. The van der Waals surface area contributed by atoms with Crippen molar-refractivity contribution in [1.29, 1.82) is 5.26 Å². The number of nitrogens with zero attached hydrogens (tertiary/aromatic N) is 3. The second kappa shape index (κ2) is 6.27. The van der Waals surface area contributed by atoms with Crippen molar-refractivity contribution >= 4 is 29.0 Å². The van der Waals surface area contributed by atoms with E-state index in [0.29, 0.717) is 23.8 Å². The number of anilines is 2. The first kappa shape index (κ1) is 15.3. The lowest BCUT2D eigenvalue weighted by molar-refractivity contribution is -0.117. The Morgan fingerprint density at radius 1 is 1.30 bits per heavy atom. The Hall–Kier alpha value is -2.58. The fourth-order valence-corrected chi connectivity index (χ4v) is 2.72. The molecule has 116 valence electrons. The smallest absolute Gasteiger partial charge is 0.249 e. The molecule has 5 nitrogen and oxygen atoms in total. The summed E-state index contributed by atoms with van der Waals surface area (Å²) < 4.78 is 0. The van der Waals surface area contributed by atoms with Gasteiger partial charge in [0.05, 0.1) is 5.02 Å². The lowest BCUT2D eigenvalue weighted by Gasteiger charge is -2.17. The van der Waals surface area contributed by atoms with E-state index < -0.39 is 0 Å². The molecule has 23 heavy (non-hydrogen) atoms. The summed E-state index contributed by atoms with van der Waals surface area (Å²) in [5, 5.41) is 12.4. The molecule has 3 rings (SSSR count). The molecule has 2 heterocycles. The maximum Gasteiger partial charge on any atom is 0.249 e. The number of nitriles is 1. The molecule has 0 saturated carbocycles. The topological polar surface area (TPSA) is 69.0 Å². The van der Waals surface area contributed by atoms with Gasteiger partial charge in [0.2, 0.25) is 5.91 Å². The molecule has 1 unspecified atom stereocenters. The molecule has 2 aromatic rings. The van der Waals surface area contributed by atoms with Crippen LogP contribution in [-0.2, 0) is 4.79 Å². The maximum absolute atomic E-state index is 12.6. The van der Waals surface area contributed by atoms with Crippen molar-refractivity contribution in [2.24, 2.45) is 0 Å². The summed E-state index contributed by atoms with van der Waals surface area (Å²) in [5.41, 5.74) is 2.20. The lowest BCUT2D eigenvalue weighted by Crippen LogP contribution is -2.33. The van der Waals surface area contributed by atoms with E-state index in [1.54, 1.807) is 17.0 Å². The van der Waals surface area contributed by atoms with E-state index in [9.17, 15) is 4.79 Å². The van der Waals surface area contributed by atoms with E-state index in [4.69, 9.17) is 16.9 Å². The van der Waals surface area contributed by atoms with Crippen LogP contribution in [0.5, 0.6) is 0 Å². The highest BCUT2D eigenvalue weighted by Gasteiger charge is 2.32. The van der Waals surface area contributed by atoms with Gasteiger partial charge in [-0.2, -0.15) is 5.26 Å². The van der Waals surface area contributed by atoms with Crippen LogP contribution in [0, 0.1) is 18.3 Å². The van der Waals surface area contributed by atoms with Crippen LogP contribution >= 0.6 is 11.6 Å². The highest BCUT2D eigenvalue weighted by Crippen LogP contribution is 2.24. The van der Waals surface area contributed by atoms with Gasteiger partial charge in [-0.25, -0.2) is 4.98 Å². The summed E-state index contributed by atoms with van der Waals surface area (Å²) in [5.74, 6) is 0.485. The van der Waals surface area contributed by atoms with E-state index in [-0.39, 0.29) is 17.6 Å². The molecule has 1 aliphatic heterocycles. The minimum absolute atomic E-state index is 0.00381. The Kier molecular flexibility index (Phi) is 4.18. The number of halogens is 1.